The van der Waals surface area contributed by atoms with Crippen LogP contribution in [0, 0.1) is 0 Å². The lowest BCUT2D eigenvalue weighted by atomic mass is 10.3. The number of nitrogens with zero attached hydrogens (tertiary/aromatic N) is 2. The normalized spacial score (nSPS) is 18.4. The van der Waals surface area contributed by atoms with Gasteiger partial charge in [-0.05, 0) is 25.2 Å². The van der Waals surface area contributed by atoms with E-state index in [1.54, 1.807) is 6.07 Å². The molecule has 1 aliphatic rings. The Hall–Kier alpha value is -1.35. The number of sulfonamides is 1. The molecule has 7 nitrogen and oxygen atoms in total. The number of hydrogen-bond acceptors (Lipinski definition) is 6. The van der Waals surface area contributed by atoms with Crippen molar-refractivity contribution in [2.24, 2.45) is 5.14 Å². The van der Waals surface area contributed by atoms with E-state index < -0.39 is 10.0 Å². The molecule has 0 atom stereocenters. The monoisotopic (exact) mass is 285 g/mol. The maximum atomic E-state index is 11.2. The van der Waals surface area contributed by atoms with Crippen molar-refractivity contribution in [1.29, 1.82) is 0 Å². The molecule has 2 rings (SSSR count). The maximum Gasteiger partial charge on any atom is 0.238 e. The van der Waals surface area contributed by atoms with Crippen molar-refractivity contribution in [3.8, 4) is 0 Å². The third-order valence-electron chi connectivity index (χ3n) is 3.13. The fourth-order valence-corrected chi connectivity index (χ4v) is 2.46. The van der Waals surface area contributed by atoms with E-state index in [-0.39, 0.29) is 4.90 Å². The number of likely N-dealkylation sites (N-methyl/N-ethyl adjacent to an activating group) is 1. The summed E-state index contributed by atoms with van der Waals surface area (Å²) in [6.07, 6.45) is 0. The second kappa shape index (κ2) is 5.33. The fourth-order valence-electron chi connectivity index (χ4n) is 1.91. The molecule has 0 bridgehead atoms. The summed E-state index contributed by atoms with van der Waals surface area (Å²) in [6.45, 7) is 3.71. The van der Waals surface area contributed by atoms with E-state index in [2.05, 4.69) is 22.4 Å². The highest BCUT2D eigenvalue weighted by molar-refractivity contribution is 7.89. The van der Waals surface area contributed by atoms with Gasteiger partial charge in [0.15, 0.2) is 0 Å². The number of hydrogen-bond donors (Lipinski definition) is 3. The van der Waals surface area contributed by atoms with Crippen LogP contribution in [0.25, 0.3) is 0 Å². The summed E-state index contributed by atoms with van der Waals surface area (Å²) in [4.78, 5) is 2.26. The number of nitrogens with one attached hydrogen (secondary N) is 1. The molecule has 0 saturated carbocycles. The smallest absolute Gasteiger partial charge is 0.238 e. The lowest BCUT2D eigenvalue weighted by Gasteiger charge is -2.33. The van der Waals surface area contributed by atoms with Crippen molar-refractivity contribution >= 4 is 21.4 Å². The zero-order valence-electron chi connectivity index (χ0n) is 10.8. The van der Waals surface area contributed by atoms with Crippen LogP contribution in [0.3, 0.4) is 0 Å². The number of nitrogen functional groups attached to an aromatic ring is 1. The average molecular weight is 285 g/mol. The molecule has 0 aromatic heterocycles. The molecule has 1 fully saturated rings. The molecule has 1 aliphatic heterocycles. The van der Waals surface area contributed by atoms with Gasteiger partial charge in [-0.25, -0.2) is 18.6 Å². The highest BCUT2D eigenvalue weighted by atomic mass is 32.2. The van der Waals surface area contributed by atoms with E-state index in [4.69, 9.17) is 10.9 Å². The SMILES string of the molecule is CN1CCN(Nc2ccc(S(N)(=O)=O)cc2N)CC1. The predicted octanol–water partition coefficient (Wildman–Crippen LogP) is -0.509. The van der Waals surface area contributed by atoms with Gasteiger partial charge in [0, 0.05) is 26.2 Å². The number of hydrazine groups is 1. The summed E-state index contributed by atoms with van der Waals surface area (Å²) < 4.78 is 22.4. The zero-order chi connectivity index (χ0) is 14.0. The van der Waals surface area contributed by atoms with Crippen molar-refractivity contribution < 1.29 is 8.42 Å². The lowest BCUT2D eigenvalue weighted by molar-refractivity contribution is 0.179. The number of rotatable bonds is 3. The van der Waals surface area contributed by atoms with Gasteiger partial charge in [-0.15, -0.1) is 0 Å². The number of benzene rings is 1. The number of anilines is 2. The van der Waals surface area contributed by atoms with Crippen molar-refractivity contribution in [3.63, 3.8) is 0 Å². The molecule has 1 aromatic carbocycles. The Bertz CT molecular complexity index is 552. The molecule has 5 N–H and O–H groups in total. The molecule has 0 spiro atoms. The summed E-state index contributed by atoms with van der Waals surface area (Å²) in [5.74, 6) is 0. The highest BCUT2D eigenvalue weighted by Crippen LogP contribution is 2.22. The first-order valence-electron chi connectivity index (χ1n) is 5.99. The molecule has 106 valence electrons. The van der Waals surface area contributed by atoms with Gasteiger partial charge >= 0.3 is 0 Å². The number of piperazine rings is 1. The minimum atomic E-state index is -3.71. The molecule has 19 heavy (non-hydrogen) atoms. The Morgan fingerprint density at radius 2 is 1.84 bits per heavy atom. The Morgan fingerprint density at radius 1 is 1.21 bits per heavy atom. The average Bonchev–Trinajstić information content (AvgIpc) is 2.33. The molecule has 0 radical (unpaired) electrons. The molecular formula is C11H19N5O2S. The summed E-state index contributed by atoms with van der Waals surface area (Å²) in [5, 5.41) is 7.11. The molecule has 1 saturated heterocycles. The Kier molecular flexibility index (Phi) is 3.95. The van der Waals surface area contributed by atoms with Gasteiger partial charge in [-0.2, -0.15) is 0 Å². The molecule has 0 unspecified atom stereocenters. The van der Waals surface area contributed by atoms with Gasteiger partial charge in [0.2, 0.25) is 10.0 Å². The van der Waals surface area contributed by atoms with Crippen LogP contribution in [0.2, 0.25) is 0 Å². The molecule has 1 heterocycles. The molecule has 0 amide bonds. The second-order valence-corrected chi connectivity index (χ2v) is 6.26. The van der Waals surface area contributed by atoms with Crippen LogP contribution in [0.1, 0.15) is 0 Å². The van der Waals surface area contributed by atoms with E-state index in [0.717, 1.165) is 26.2 Å². The molecule has 8 heteroatoms. The fraction of sp³-hybridized carbons (Fsp3) is 0.455. The van der Waals surface area contributed by atoms with Gasteiger partial charge in [0.1, 0.15) is 0 Å². The maximum absolute atomic E-state index is 11.2. The number of primary sulfonamides is 1. The van der Waals surface area contributed by atoms with Crippen LogP contribution < -0.4 is 16.3 Å². The Morgan fingerprint density at radius 3 is 2.37 bits per heavy atom. The van der Waals surface area contributed by atoms with E-state index in [9.17, 15) is 8.42 Å². The van der Waals surface area contributed by atoms with Crippen molar-refractivity contribution in [1.82, 2.24) is 9.91 Å². The summed E-state index contributed by atoms with van der Waals surface area (Å²) in [5.41, 5.74) is 10.1. The first kappa shape index (κ1) is 14.1. The first-order valence-corrected chi connectivity index (χ1v) is 7.53. The predicted molar refractivity (Wildman–Crippen MR) is 74.9 cm³/mol. The summed E-state index contributed by atoms with van der Waals surface area (Å²) in [6, 6.07) is 4.45. The van der Waals surface area contributed by atoms with Gasteiger partial charge in [0.05, 0.1) is 16.3 Å². The Balaban J connectivity index is 2.09. The van der Waals surface area contributed by atoms with E-state index in [1.807, 2.05) is 0 Å². The highest BCUT2D eigenvalue weighted by Gasteiger charge is 2.15. The van der Waals surface area contributed by atoms with Crippen LogP contribution >= 0.6 is 0 Å². The van der Waals surface area contributed by atoms with Crippen LogP contribution in [0.15, 0.2) is 23.1 Å². The van der Waals surface area contributed by atoms with Crippen LogP contribution in [-0.2, 0) is 10.0 Å². The first-order chi connectivity index (χ1) is 8.86. The van der Waals surface area contributed by atoms with E-state index in [0.29, 0.717) is 11.4 Å². The van der Waals surface area contributed by atoms with Crippen LogP contribution in [-0.4, -0.2) is 51.6 Å². The molecule has 0 aliphatic carbocycles. The number of nitrogens with two attached hydrogens (primary N) is 2. The van der Waals surface area contributed by atoms with E-state index >= 15 is 0 Å². The third kappa shape index (κ3) is 3.57. The van der Waals surface area contributed by atoms with Crippen LogP contribution in [0.4, 0.5) is 11.4 Å². The quantitative estimate of drug-likeness (QED) is 0.646. The standard InChI is InChI=1S/C11H19N5O2S/c1-15-4-6-16(7-5-15)14-11-3-2-9(8-10(11)12)19(13,17)18/h2-3,8,14H,4-7,12H2,1H3,(H2,13,17,18). The van der Waals surface area contributed by atoms with Gasteiger partial charge in [-0.1, -0.05) is 0 Å². The van der Waals surface area contributed by atoms with Gasteiger partial charge < -0.3 is 16.1 Å². The van der Waals surface area contributed by atoms with Crippen molar-refractivity contribution in [2.45, 2.75) is 4.90 Å². The topological polar surface area (TPSA) is 105 Å². The Labute approximate surface area is 113 Å². The summed E-state index contributed by atoms with van der Waals surface area (Å²) >= 11 is 0. The van der Waals surface area contributed by atoms with E-state index in [1.165, 1.54) is 12.1 Å². The summed E-state index contributed by atoms with van der Waals surface area (Å²) in [7, 11) is -1.63. The second-order valence-electron chi connectivity index (χ2n) is 4.70. The van der Waals surface area contributed by atoms with Crippen LogP contribution in [0.5, 0.6) is 0 Å². The molecule has 1 aromatic rings. The third-order valence-corrected chi connectivity index (χ3v) is 4.04. The van der Waals surface area contributed by atoms with Gasteiger partial charge in [0.25, 0.3) is 0 Å². The largest absolute Gasteiger partial charge is 0.397 e. The zero-order valence-corrected chi connectivity index (χ0v) is 11.7. The minimum absolute atomic E-state index is 0.0222. The minimum Gasteiger partial charge on any atom is -0.397 e. The van der Waals surface area contributed by atoms with Crippen molar-refractivity contribution in [3.05, 3.63) is 18.2 Å². The van der Waals surface area contributed by atoms with Crippen molar-refractivity contribution in [2.75, 3.05) is 44.4 Å². The lowest BCUT2D eigenvalue weighted by Crippen LogP contribution is -2.47. The molecular weight excluding hydrogens is 266 g/mol. The van der Waals surface area contributed by atoms with Gasteiger partial charge in [-0.3, -0.25) is 0 Å².